The molecule has 0 aromatic heterocycles. The standard InChI is InChI=1S/C14H27NO2/c1-5-8-9-10-11-17-14(16)13(4)12-15(6-2)7-3/h12H,5-11H2,1-4H3. The summed E-state index contributed by atoms with van der Waals surface area (Å²) in [5.41, 5.74) is 0.684. The summed E-state index contributed by atoms with van der Waals surface area (Å²) in [6.07, 6.45) is 6.41. The quantitative estimate of drug-likeness (QED) is 0.352. The van der Waals surface area contributed by atoms with Crippen molar-refractivity contribution in [2.45, 2.75) is 53.4 Å². The molecule has 0 aromatic rings. The largest absolute Gasteiger partial charge is 0.462 e. The molecule has 0 atom stereocenters. The third kappa shape index (κ3) is 7.83. The van der Waals surface area contributed by atoms with Gasteiger partial charge in [0.1, 0.15) is 0 Å². The first-order valence-corrected chi connectivity index (χ1v) is 6.75. The normalized spacial score (nSPS) is 11.4. The molecule has 0 spiro atoms. The van der Waals surface area contributed by atoms with Gasteiger partial charge in [-0.05, 0) is 27.2 Å². The van der Waals surface area contributed by atoms with Crippen LogP contribution in [0.25, 0.3) is 0 Å². The predicted molar refractivity (Wildman–Crippen MR) is 71.8 cm³/mol. The Morgan fingerprint density at radius 3 is 2.29 bits per heavy atom. The molecule has 3 heteroatoms. The molecule has 0 heterocycles. The fourth-order valence-electron chi connectivity index (χ4n) is 1.54. The zero-order valence-electron chi connectivity index (χ0n) is 11.8. The summed E-state index contributed by atoms with van der Waals surface area (Å²) in [7, 11) is 0. The number of hydrogen-bond acceptors (Lipinski definition) is 3. The summed E-state index contributed by atoms with van der Waals surface area (Å²) < 4.78 is 5.21. The number of hydrogen-bond donors (Lipinski definition) is 0. The molecule has 0 rings (SSSR count). The van der Waals surface area contributed by atoms with E-state index >= 15 is 0 Å². The van der Waals surface area contributed by atoms with Crippen LogP contribution in [0.5, 0.6) is 0 Å². The van der Waals surface area contributed by atoms with Crippen LogP contribution in [0.15, 0.2) is 11.8 Å². The highest BCUT2D eigenvalue weighted by Gasteiger charge is 2.06. The molecule has 0 unspecified atom stereocenters. The second-order valence-electron chi connectivity index (χ2n) is 4.23. The van der Waals surface area contributed by atoms with Gasteiger partial charge in [-0.25, -0.2) is 4.79 Å². The average Bonchev–Trinajstić information content (AvgIpc) is 2.35. The van der Waals surface area contributed by atoms with Gasteiger partial charge in [-0.15, -0.1) is 0 Å². The van der Waals surface area contributed by atoms with Crippen molar-refractivity contribution in [2.75, 3.05) is 19.7 Å². The molecule has 0 aliphatic rings. The first kappa shape index (κ1) is 16.0. The topological polar surface area (TPSA) is 29.5 Å². The van der Waals surface area contributed by atoms with Crippen LogP contribution in [0.1, 0.15) is 53.4 Å². The van der Waals surface area contributed by atoms with Crippen molar-refractivity contribution < 1.29 is 9.53 Å². The van der Waals surface area contributed by atoms with Crippen LogP contribution in [-0.4, -0.2) is 30.6 Å². The van der Waals surface area contributed by atoms with Gasteiger partial charge in [0.25, 0.3) is 0 Å². The fourth-order valence-corrected chi connectivity index (χ4v) is 1.54. The van der Waals surface area contributed by atoms with Gasteiger partial charge in [0.2, 0.25) is 0 Å². The van der Waals surface area contributed by atoms with Crippen molar-refractivity contribution in [1.29, 1.82) is 0 Å². The Balaban J connectivity index is 3.88. The number of carbonyl (C=O) groups is 1. The number of carbonyl (C=O) groups excluding carboxylic acids is 1. The van der Waals surface area contributed by atoms with Crippen LogP contribution in [0.2, 0.25) is 0 Å². The molecule has 0 saturated heterocycles. The number of ether oxygens (including phenoxy) is 1. The molecular formula is C14H27NO2. The molecule has 0 radical (unpaired) electrons. The van der Waals surface area contributed by atoms with Crippen LogP contribution >= 0.6 is 0 Å². The van der Waals surface area contributed by atoms with Crippen LogP contribution in [0.3, 0.4) is 0 Å². The Labute approximate surface area is 106 Å². The number of rotatable bonds is 9. The summed E-state index contributed by atoms with van der Waals surface area (Å²) in [5.74, 6) is -0.187. The third-order valence-corrected chi connectivity index (χ3v) is 2.74. The number of esters is 1. The van der Waals surface area contributed by atoms with E-state index in [-0.39, 0.29) is 5.97 Å². The highest BCUT2D eigenvalue weighted by molar-refractivity contribution is 5.87. The Bertz CT molecular complexity index is 232. The zero-order valence-corrected chi connectivity index (χ0v) is 11.8. The highest BCUT2D eigenvalue weighted by atomic mass is 16.5. The first-order valence-electron chi connectivity index (χ1n) is 6.75. The lowest BCUT2D eigenvalue weighted by Crippen LogP contribution is -2.18. The van der Waals surface area contributed by atoms with Gasteiger partial charge in [-0.2, -0.15) is 0 Å². The second kappa shape index (κ2) is 10.2. The summed E-state index contributed by atoms with van der Waals surface area (Å²) in [6, 6.07) is 0. The van der Waals surface area contributed by atoms with Crippen molar-refractivity contribution >= 4 is 5.97 Å². The molecule has 0 fully saturated rings. The SMILES string of the molecule is CCCCCCOC(=O)C(C)=CN(CC)CC. The van der Waals surface area contributed by atoms with E-state index in [4.69, 9.17) is 4.74 Å². The Morgan fingerprint density at radius 1 is 1.12 bits per heavy atom. The van der Waals surface area contributed by atoms with Crippen molar-refractivity contribution in [2.24, 2.45) is 0 Å². The maximum atomic E-state index is 11.6. The van der Waals surface area contributed by atoms with Crippen LogP contribution in [0, 0.1) is 0 Å². The minimum absolute atomic E-state index is 0.187. The van der Waals surface area contributed by atoms with Crippen LogP contribution in [0.4, 0.5) is 0 Å². The molecule has 17 heavy (non-hydrogen) atoms. The number of unbranched alkanes of at least 4 members (excludes halogenated alkanes) is 3. The fraction of sp³-hybridized carbons (Fsp3) is 0.786. The van der Waals surface area contributed by atoms with E-state index in [2.05, 4.69) is 25.7 Å². The molecule has 0 N–H and O–H groups in total. The van der Waals surface area contributed by atoms with Gasteiger partial charge in [0.15, 0.2) is 0 Å². The van der Waals surface area contributed by atoms with Crippen molar-refractivity contribution in [1.82, 2.24) is 4.90 Å². The van der Waals surface area contributed by atoms with Crippen molar-refractivity contribution in [3.05, 3.63) is 11.8 Å². The van der Waals surface area contributed by atoms with Crippen molar-refractivity contribution in [3.63, 3.8) is 0 Å². The Hall–Kier alpha value is -0.990. The van der Waals surface area contributed by atoms with Crippen molar-refractivity contribution in [3.8, 4) is 0 Å². The van der Waals surface area contributed by atoms with Crippen LogP contribution in [-0.2, 0) is 9.53 Å². The average molecular weight is 241 g/mol. The maximum Gasteiger partial charge on any atom is 0.335 e. The molecule has 0 aromatic carbocycles. The van der Waals surface area contributed by atoms with E-state index in [0.29, 0.717) is 12.2 Å². The molecule has 0 saturated carbocycles. The number of nitrogens with zero attached hydrogens (tertiary/aromatic N) is 1. The summed E-state index contributed by atoms with van der Waals surface area (Å²) >= 11 is 0. The lowest BCUT2D eigenvalue weighted by Gasteiger charge is -2.16. The van der Waals surface area contributed by atoms with E-state index in [1.54, 1.807) is 0 Å². The molecule has 0 aliphatic carbocycles. The molecule has 100 valence electrons. The first-order chi connectivity index (χ1) is 8.15. The minimum atomic E-state index is -0.187. The summed E-state index contributed by atoms with van der Waals surface area (Å²) in [6.45, 7) is 10.5. The van der Waals surface area contributed by atoms with Gasteiger partial charge in [-0.1, -0.05) is 26.2 Å². The summed E-state index contributed by atoms with van der Waals surface area (Å²) in [5, 5.41) is 0. The summed E-state index contributed by atoms with van der Waals surface area (Å²) in [4.78, 5) is 13.7. The van der Waals surface area contributed by atoms with Crippen LogP contribution < -0.4 is 0 Å². The van der Waals surface area contributed by atoms with E-state index in [1.165, 1.54) is 12.8 Å². The molecule has 0 bridgehead atoms. The van der Waals surface area contributed by atoms with Gasteiger partial charge < -0.3 is 9.64 Å². The Kier molecular flexibility index (Phi) is 9.59. The lowest BCUT2D eigenvalue weighted by molar-refractivity contribution is -0.139. The van der Waals surface area contributed by atoms with Gasteiger partial charge >= 0.3 is 5.97 Å². The van der Waals surface area contributed by atoms with E-state index < -0.39 is 0 Å². The molecule has 0 aliphatic heterocycles. The molecule has 0 amide bonds. The van der Waals surface area contributed by atoms with E-state index in [0.717, 1.165) is 25.9 Å². The molecule has 3 nitrogen and oxygen atoms in total. The monoisotopic (exact) mass is 241 g/mol. The van der Waals surface area contributed by atoms with Gasteiger partial charge in [-0.3, -0.25) is 0 Å². The maximum absolute atomic E-state index is 11.6. The predicted octanol–water partition coefficient (Wildman–Crippen LogP) is 3.36. The zero-order chi connectivity index (χ0) is 13.1. The van der Waals surface area contributed by atoms with Gasteiger partial charge in [0.05, 0.1) is 6.61 Å². The lowest BCUT2D eigenvalue weighted by atomic mass is 10.2. The minimum Gasteiger partial charge on any atom is -0.462 e. The Morgan fingerprint density at radius 2 is 1.76 bits per heavy atom. The second-order valence-corrected chi connectivity index (χ2v) is 4.23. The molecular weight excluding hydrogens is 214 g/mol. The van der Waals surface area contributed by atoms with E-state index in [1.807, 2.05) is 13.1 Å². The van der Waals surface area contributed by atoms with Gasteiger partial charge in [0, 0.05) is 24.9 Å². The van der Waals surface area contributed by atoms with E-state index in [9.17, 15) is 4.79 Å². The highest BCUT2D eigenvalue weighted by Crippen LogP contribution is 2.03. The smallest absolute Gasteiger partial charge is 0.335 e. The third-order valence-electron chi connectivity index (χ3n) is 2.74.